The molecule has 4 saturated carbocycles. The van der Waals surface area contributed by atoms with Gasteiger partial charge >= 0.3 is 5.97 Å². The number of carbonyl (C=O) groups excluding carboxylic acids is 1. The van der Waals surface area contributed by atoms with Crippen molar-refractivity contribution in [1.82, 2.24) is 0 Å². The molecule has 0 unspecified atom stereocenters. The van der Waals surface area contributed by atoms with Crippen molar-refractivity contribution in [3.05, 3.63) is 0 Å². The van der Waals surface area contributed by atoms with Crippen molar-refractivity contribution >= 4 is 5.97 Å². The van der Waals surface area contributed by atoms with Gasteiger partial charge in [0.05, 0.1) is 12.5 Å². The number of methoxy groups -OCH3 is 1. The highest BCUT2D eigenvalue weighted by molar-refractivity contribution is 5.77. The van der Waals surface area contributed by atoms with Gasteiger partial charge in [-0.15, -0.1) is 0 Å². The normalized spacial score (nSPS) is 53.2. The van der Waals surface area contributed by atoms with Crippen molar-refractivity contribution in [3.8, 4) is 0 Å². The van der Waals surface area contributed by atoms with Crippen LogP contribution in [0.2, 0.25) is 0 Å². The molecule has 0 saturated heterocycles. The molecule has 3 nitrogen and oxygen atoms in total. The number of aliphatic hydroxyl groups excluding tert-OH is 1. The van der Waals surface area contributed by atoms with Crippen molar-refractivity contribution in [1.29, 1.82) is 0 Å². The third kappa shape index (κ3) is 2.03. The lowest BCUT2D eigenvalue weighted by molar-refractivity contribution is -0.183. The van der Waals surface area contributed by atoms with Crippen molar-refractivity contribution in [2.24, 2.45) is 39.9 Å². The number of ether oxygens (including phenoxy) is 1. The predicted molar refractivity (Wildman–Crippen MR) is 93.3 cm³/mol. The highest BCUT2D eigenvalue weighted by atomic mass is 16.5. The van der Waals surface area contributed by atoms with Crippen molar-refractivity contribution in [3.63, 3.8) is 0 Å². The molecule has 0 amide bonds. The van der Waals surface area contributed by atoms with Crippen LogP contribution in [0.25, 0.3) is 0 Å². The molecule has 0 heterocycles. The van der Waals surface area contributed by atoms with Crippen LogP contribution in [-0.4, -0.2) is 24.8 Å². The lowest BCUT2D eigenvalue weighted by Gasteiger charge is -2.63. The largest absolute Gasteiger partial charge is 0.469 e. The molecule has 0 aromatic carbocycles. The summed E-state index contributed by atoms with van der Waals surface area (Å²) in [6, 6.07) is 0. The van der Waals surface area contributed by atoms with Crippen LogP contribution < -0.4 is 0 Å². The monoisotopic (exact) mass is 334 g/mol. The zero-order chi connectivity index (χ0) is 17.2. The van der Waals surface area contributed by atoms with Gasteiger partial charge in [-0.3, -0.25) is 4.79 Å². The van der Waals surface area contributed by atoms with Gasteiger partial charge in [-0.1, -0.05) is 13.3 Å². The van der Waals surface area contributed by atoms with Gasteiger partial charge in [-0.05, 0) is 92.8 Å². The Morgan fingerprint density at radius 1 is 1.08 bits per heavy atom. The second kappa shape index (κ2) is 5.46. The molecule has 1 N–H and O–H groups in total. The average Bonchev–Trinajstić information content (AvgIpc) is 2.84. The molecule has 0 aromatic rings. The summed E-state index contributed by atoms with van der Waals surface area (Å²) in [5.41, 5.74) is 0.430. The van der Waals surface area contributed by atoms with E-state index in [9.17, 15) is 9.90 Å². The predicted octanol–water partition coefficient (Wildman–Crippen LogP) is 4.18. The van der Waals surface area contributed by atoms with Crippen LogP contribution in [0.3, 0.4) is 0 Å². The minimum atomic E-state index is -0.296. The maximum absolute atomic E-state index is 12.6. The van der Waals surface area contributed by atoms with Crippen LogP contribution in [0.5, 0.6) is 0 Å². The minimum Gasteiger partial charge on any atom is -0.469 e. The first-order chi connectivity index (χ1) is 11.4. The number of hydrogen-bond acceptors (Lipinski definition) is 3. The molecule has 24 heavy (non-hydrogen) atoms. The van der Waals surface area contributed by atoms with E-state index in [0.717, 1.165) is 24.7 Å². The summed E-state index contributed by atoms with van der Waals surface area (Å²) in [5.74, 6) is 2.50. The fraction of sp³-hybridized carbons (Fsp3) is 0.952. The quantitative estimate of drug-likeness (QED) is 0.771. The summed E-state index contributed by atoms with van der Waals surface area (Å²) in [7, 11) is 1.55. The second-order valence-corrected chi connectivity index (χ2v) is 9.96. The Morgan fingerprint density at radius 3 is 2.58 bits per heavy atom. The van der Waals surface area contributed by atoms with Crippen LogP contribution in [0.15, 0.2) is 0 Å². The lowest BCUT2D eigenvalue weighted by Crippen LogP contribution is -2.58. The summed E-state index contributed by atoms with van der Waals surface area (Å²) in [6.07, 6.45) is 11.0. The number of carbonyl (C=O) groups is 1. The first-order valence-corrected chi connectivity index (χ1v) is 10.1. The van der Waals surface area contributed by atoms with Gasteiger partial charge in [0.1, 0.15) is 0 Å². The number of esters is 1. The van der Waals surface area contributed by atoms with Gasteiger partial charge in [-0.2, -0.15) is 0 Å². The zero-order valence-corrected chi connectivity index (χ0v) is 15.6. The third-order valence-electron chi connectivity index (χ3n) is 9.16. The van der Waals surface area contributed by atoms with Gasteiger partial charge in [0.15, 0.2) is 0 Å². The molecule has 4 aliphatic carbocycles. The molecule has 4 fully saturated rings. The van der Waals surface area contributed by atoms with E-state index in [-0.39, 0.29) is 16.8 Å². The Balaban J connectivity index is 1.69. The van der Waals surface area contributed by atoms with Crippen LogP contribution in [0, 0.1) is 39.9 Å². The third-order valence-corrected chi connectivity index (χ3v) is 9.16. The van der Waals surface area contributed by atoms with E-state index >= 15 is 0 Å². The van der Waals surface area contributed by atoms with Gasteiger partial charge in [0, 0.05) is 6.61 Å². The molecule has 3 heteroatoms. The Morgan fingerprint density at radius 2 is 1.88 bits per heavy atom. The van der Waals surface area contributed by atoms with E-state index in [4.69, 9.17) is 4.74 Å². The average molecular weight is 335 g/mol. The smallest absolute Gasteiger partial charge is 0.311 e. The van der Waals surface area contributed by atoms with Crippen molar-refractivity contribution < 1.29 is 14.6 Å². The van der Waals surface area contributed by atoms with Crippen LogP contribution in [-0.2, 0) is 9.53 Å². The minimum absolute atomic E-state index is 0.0164. The fourth-order valence-corrected chi connectivity index (χ4v) is 8.28. The molecule has 4 rings (SSSR count). The zero-order valence-electron chi connectivity index (χ0n) is 15.6. The summed E-state index contributed by atoms with van der Waals surface area (Å²) >= 11 is 0. The Kier molecular flexibility index (Phi) is 3.84. The fourth-order valence-electron chi connectivity index (χ4n) is 8.28. The van der Waals surface area contributed by atoms with Crippen LogP contribution in [0.4, 0.5) is 0 Å². The molecule has 0 aromatic heterocycles. The Bertz CT molecular complexity index is 531. The topological polar surface area (TPSA) is 46.5 Å². The van der Waals surface area contributed by atoms with Gasteiger partial charge in [0.2, 0.25) is 0 Å². The number of aliphatic hydroxyl groups is 1. The lowest BCUT2D eigenvalue weighted by atomic mass is 9.41. The summed E-state index contributed by atoms with van der Waals surface area (Å²) in [4.78, 5) is 12.6. The SMILES string of the molecule is COC(=O)[C@]1(C)CCC[C@@]2(C)[C@@H]3CC[C@@H]4C[C@@]3(CC[C@@H]21)C[C@H]4CO. The molecule has 136 valence electrons. The number of fused-ring (bicyclic) bond motifs is 3. The second-order valence-electron chi connectivity index (χ2n) is 9.96. The maximum atomic E-state index is 12.6. The Labute approximate surface area is 146 Å². The molecule has 0 radical (unpaired) electrons. The summed E-state index contributed by atoms with van der Waals surface area (Å²) < 4.78 is 5.24. The van der Waals surface area contributed by atoms with E-state index in [0.29, 0.717) is 23.9 Å². The van der Waals surface area contributed by atoms with Crippen LogP contribution in [0.1, 0.15) is 71.6 Å². The summed E-state index contributed by atoms with van der Waals surface area (Å²) in [6.45, 7) is 5.05. The van der Waals surface area contributed by atoms with Crippen LogP contribution >= 0.6 is 0 Å². The molecule has 0 aliphatic heterocycles. The summed E-state index contributed by atoms with van der Waals surface area (Å²) in [5, 5.41) is 9.82. The molecular weight excluding hydrogens is 300 g/mol. The maximum Gasteiger partial charge on any atom is 0.311 e. The van der Waals surface area contributed by atoms with E-state index in [1.807, 2.05) is 0 Å². The number of rotatable bonds is 2. The van der Waals surface area contributed by atoms with E-state index in [2.05, 4.69) is 13.8 Å². The molecular formula is C21H34O3. The van der Waals surface area contributed by atoms with E-state index in [1.54, 1.807) is 7.11 Å². The van der Waals surface area contributed by atoms with Crippen molar-refractivity contribution in [2.75, 3.05) is 13.7 Å². The highest BCUT2D eigenvalue weighted by Crippen LogP contribution is 2.72. The highest BCUT2D eigenvalue weighted by Gasteiger charge is 2.65. The molecule has 2 bridgehead atoms. The molecule has 1 spiro atoms. The molecule has 4 aliphatic rings. The van der Waals surface area contributed by atoms with Gasteiger partial charge < -0.3 is 9.84 Å². The first kappa shape index (κ1) is 16.9. The van der Waals surface area contributed by atoms with E-state index < -0.39 is 0 Å². The van der Waals surface area contributed by atoms with Crippen molar-refractivity contribution in [2.45, 2.75) is 71.6 Å². The van der Waals surface area contributed by atoms with Gasteiger partial charge in [0.25, 0.3) is 0 Å². The van der Waals surface area contributed by atoms with E-state index in [1.165, 1.54) is 44.9 Å². The first-order valence-electron chi connectivity index (χ1n) is 10.1. The Hall–Kier alpha value is -0.570. The number of hydrogen-bond donors (Lipinski definition) is 1. The van der Waals surface area contributed by atoms with Gasteiger partial charge in [-0.25, -0.2) is 0 Å². The standard InChI is InChI=1S/C21H34O3/c1-19-8-4-9-20(2,18(23)24-3)16(19)7-10-21-11-14(5-6-17(19)21)15(12-21)13-22/h14-17,22H,4-13H2,1-3H3/t14-,15+,16+,17+,19-,20-,21+/m1/s1. The molecule has 7 atom stereocenters.